The van der Waals surface area contributed by atoms with Gasteiger partial charge in [0.15, 0.2) is 0 Å². The van der Waals surface area contributed by atoms with Crippen LogP contribution in [-0.4, -0.2) is 47.6 Å². The summed E-state index contributed by atoms with van der Waals surface area (Å²) >= 11 is 0. The van der Waals surface area contributed by atoms with Gasteiger partial charge in [-0.05, 0) is 20.8 Å². The average molecular weight is 243 g/mol. The van der Waals surface area contributed by atoms with Crippen molar-refractivity contribution >= 4 is 18.0 Å². The van der Waals surface area contributed by atoms with Crippen molar-refractivity contribution in [2.24, 2.45) is 0 Å². The van der Waals surface area contributed by atoms with Crippen molar-refractivity contribution in [1.29, 1.82) is 0 Å². The molecule has 1 aliphatic rings. The van der Waals surface area contributed by atoms with Crippen molar-refractivity contribution in [3.8, 4) is 0 Å². The summed E-state index contributed by atoms with van der Waals surface area (Å²) in [5.41, 5.74) is -0.749. The molecule has 0 saturated carbocycles. The number of rotatable bonds is 1. The van der Waals surface area contributed by atoms with Crippen molar-refractivity contribution in [3.63, 3.8) is 0 Å². The van der Waals surface area contributed by atoms with E-state index in [9.17, 15) is 19.5 Å². The lowest BCUT2D eigenvalue weighted by molar-refractivity contribution is -0.311. The van der Waals surface area contributed by atoms with Crippen LogP contribution in [0.2, 0.25) is 0 Å². The van der Waals surface area contributed by atoms with Crippen LogP contribution in [-0.2, 0) is 14.3 Å². The lowest BCUT2D eigenvalue weighted by atomic mass is 10.2. The van der Waals surface area contributed by atoms with Crippen LogP contribution >= 0.6 is 0 Å². The van der Waals surface area contributed by atoms with Crippen LogP contribution in [0.4, 0.5) is 4.79 Å². The molecule has 0 spiro atoms. The number of nitrogens with one attached hydrogen (secondary N) is 1. The molecule has 1 unspecified atom stereocenters. The summed E-state index contributed by atoms with van der Waals surface area (Å²) in [6, 6.07) is -1.19. The number of hydrogen-bond donors (Lipinski definition) is 1. The lowest BCUT2D eigenvalue weighted by Crippen LogP contribution is -2.62. The maximum Gasteiger partial charge on any atom is 0.411 e. The predicted octanol–water partition coefficient (Wildman–Crippen LogP) is -1.53. The van der Waals surface area contributed by atoms with E-state index in [1.807, 2.05) is 0 Å². The monoisotopic (exact) mass is 243 g/mol. The highest BCUT2D eigenvalue weighted by Crippen LogP contribution is 2.13. The van der Waals surface area contributed by atoms with E-state index in [0.29, 0.717) is 0 Å². The molecule has 1 heterocycles. The summed E-state index contributed by atoms with van der Waals surface area (Å²) in [5, 5.41) is 13.2. The molecule has 0 bridgehead atoms. The van der Waals surface area contributed by atoms with Crippen LogP contribution in [0.25, 0.3) is 0 Å². The number of piperazine rings is 1. The van der Waals surface area contributed by atoms with Gasteiger partial charge in [0.1, 0.15) is 12.1 Å². The minimum Gasteiger partial charge on any atom is -0.548 e. The first kappa shape index (κ1) is 13.3. The summed E-state index contributed by atoms with van der Waals surface area (Å²) in [4.78, 5) is 34.5. The van der Waals surface area contributed by atoms with Gasteiger partial charge >= 0.3 is 6.09 Å². The summed E-state index contributed by atoms with van der Waals surface area (Å²) in [7, 11) is 0. The highest BCUT2D eigenvalue weighted by molar-refractivity contribution is 5.88. The Bertz CT molecular complexity index is 347. The fraction of sp³-hybridized carbons (Fsp3) is 0.700. The predicted molar refractivity (Wildman–Crippen MR) is 54.7 cm³/mol. The highest BCUT2D eigenvalue weighted by Gasteiger charge is 2.34. The first-order valence-electron chi connectivity index (χ1n) is 5.18. The minimum absolute atomic E-state index is 0.166. The number of carbonyl (C=O) groups excluding carboxylic acids is 3. The fourth-order valence-electron chi connectivity index (χ4n) is 1.36. The third kappa shape index (κ3) is 3.61. The molecule has 0 radical (unpaired) electrons. The van der Waals surface area contributed by atoms with E-state index in [2.05, 4.69) is 5.32 Å². The number of aliphatic carboxylic acids is 1. The van der Waals surface area contributed by atoms with Crippen molar-refractivity contribution < 1.29 is 24.2 Å². The Labute approximate surface area is 98.7 Å². The maximum absolute atomic E-state index is 11.7. The summed E-state index contributed by atoms with van der Waals surface area (Å²) in [5.74, 6) is -1.84. The largest absolute Gasteiger partial charge is 0.548 e. The topological polar surface area (TPSA) is 98.8 Å². The SMILES string of the molecule is CC(C)(C)OC(=O)N1CC(=O)NCC1C(=O)[O-]. The molecular formula is C10H15N2O5-. The summed E-state index contributed by atoms with van der Waals surface area (Å²) < 4.78 is 5.02. The minimum atomic E-state index is -1.42. The smallest absolute Gasteiger partial charge is 0.411 e. The van der Waals surface area contributed by atoms with Crippen LogP contribution in [0.5, 0.6) is 0 Å². The van der Waals surface area contributed by atoms with Gasteiger partial charge in [0.05, 0.1) is 12.0 Å². The Hall–Kier alpha value is -1.79. The van der Waals surface area contributed by atoms with Gasteiger partial charge in [-0.3, -0.25) is 9.69 Å². The van der Waals surface area contributed by atoms with E-state index < -0.39 is 29.6 Å². The molecule has 0 aromatic rings. The zero-order valence-electron chi connectivity index (χ0n) is 9.98. The molecule has 0 aromatic heterocycles. The van der Waals surface area contributed by atoms with Gasteiger partial charge < -0.3 is 20.0 Å². The van der Waals surface area contributed by atoms with Gasteiger partial charge in [-0.1, -0.05) is 0 Å². The molecule has 7 nitrogen and oxygen atoms in total. The molecule has 1 fully saturated rings. The molecule has 1 N–H and O–H groups in total. The molecule has 1 atom stereocenters. The Morgan fingerprint density at radius 2 is 2.06 bits per heavy atom. The molecule has 1 saturated heterocycles. The third-order valence-corrected chi connectivity index (χ3v) is 2.08. The van der Waals surface area contributed by atoms with Gasteiger partial charge in [-0.25, -0.2) is 4.79 Å². The molecule has 17 heavy (non-hydrogen) atoms. The number of nitrogens with zero attached hydrogens (tertiary/aromatic N) is 1. The summed E-state index contributed by atoms with van der Waals surface area (Å²) in [6.07, 6.45) is -0.832. The van der Waals surface area contributed by atoms with Crippen LogP contribution in [0.3, 0.4) is 0 Å². The van der Waals surface area contributed by atoms with Gasteiger partial charge in [-0.15, -0.1) is 0 Å². The van der Waals surface area contributed by atoms with Crippen molar-refractivity contribution in [2.45, 2.75) is 32.4 Å². The quantitative estimate of drug-likeness (QED) is 0.602. The second-order valence-electron chi connectivity index (χ2n) is 4.75. The number of ether oxygens (including phenoxy) is 1. The average Bonchev–Trinajstić information content (AvgIpc) is 2.14. The maximum atomic E-state index is 11.7. The second kappa shape index (κ2) is 4.60. The van der Waals surface area contributed by atoms with Crippen LogP contribution < -0.4 is 10.4 Å². The number of carboxylic acids is 1. The van der Waals surface area contributed by atoms with Crippen molar-refractivity contribution in [1.82, 2.24) is 10.2 Å². The highest BCUT2D eigenvalue weighted by atomic mass is 16.6. The zero-order valence-corrected chi connectivity index (χ0v) is 9.98. The normalized spacial score (nSPS) is 20.8. The Kier molecular flexibility index (Phi) is 3.59. The van der Waals surface area contributed by atoms with Gasteiger partial charge in [0.2, 0.25) is 5.91 Å². The fourth-order valence-corrected chi connectivity index (χ4v) is 1.36. The number of hydrogen-bond acceptors (Lipinski definition) is 5. The summed E-state index contributed by atoms with van der Waals surface area (Å²) in [6.45, 7) is 4.46. The number of amides is 2. The van der Waals surface area contributed by atoms with E-state index in [4.69, 9.17) is 4.74 Å². The molecule has 1 rings (SSSR count). The van der Waals surface area contributed by atoms with E-state index in [-0.39, 0.29) is 13.1 Å². The molecule has 7 heteroatoms. The van der Waals surface area contributed by atoms with E-state index >= 15 is 0 Å². The number of carbonyl (C=O) groups is 3. The molecule has 2 amide bonds. The van der Waals surface area contributed by atoms with Crippen LogP contribution in [0, 0.1) is 0 Å². The Balaban J connectivity index is 2.79. The molecule has 96 valence electrons. The van der Waals surface area contributed by atoms with Crippen molar-refractivity contribution in [3.05, 3.63) is 0 Å². The van der Waals surface area contributed by atoms with Crippen molar-refractivity contribution in [2.75, 3.05) is 13.1 Å². The van der Waals surface area contributed by atoms with E-state index in [1.54, 1.807) is 20.8 Å². The standard InChI is InChI=1S/C10H16N2O5/c1-10(2,3)17-9(16)12-5-7(13)11-4-6(12)8(14)15/h6H,4-5H2,1-3H3,(H,11,13)(H,14,15)/p-1. The van der Waals surface area contributed by atoms with E-state index in [0.717, 1.165) is 4.90 Å². The molecule has 0 aromatic carbocycles. The van der Waals surface area contributed by atoms with E-state index in [1.165, 1.54) is 0 Å². The molecule has 0 aliphatic carbocycles. The van der Waals surface area contributed by atoms with Gasteiger partial charge in [0, 0.05) is 6.54 Å². The third-order valence-electron chi connectivity index (χ3n) is 2.08. The van der Waals surface area contributed by atoms with Crippen LogP contribution in [0.15, 0.2) is 0 Å². The molecular weight excluding hydrogens is 228 g/mol. The Morgan fingerprint density at radius 3 is 2.53 bits per heavy atom. The van der Waals surface area contributed by atoms with Gasteiger partial charge in [-0.2, -0.15) is 0 Å². The lowest BCUT2D eigenvalue weighted by Gasteiger charge is -2.36. The van der Waals surface area contributed by atoms with Crippen LogP contribution in [0.1, 0.15) is 20.8 Å². The van der Waals surface area contributed by atoms with Gasteiger partial charge in [0.25, 0.3) is 0 Å². The molecule has 1 aliphatic heterocycles. The first-order valence-corrected chi connectivity index (χ1v) is 5.18. The Morgan fingerprint density at radius 1 is 1.47 bits per heavy atom. The second-order valence-corrected chi connectivity index (χ2v) is 4.75. The first-order chi connectivity index (χ1) is 7.70. The zero-order chi connectivity index (χ0) is 13.2. The number of carboxylic acid groups (broad SMARTS) is 1.